The summed E-state index contributed by atoms with van der Waals surface area (Å²) in [6.07, 6.45) is 2.99. The van der Waals surface area contributed by atoms with Crippen LogP contribution in [0.5, 0.6) is 0 Å². The minimum absolute atomic E-state index is 0.0224. The number of para-hydroxylation sites is 2. The number of halogens is 2. The van der Waals surface area contributed by atoms with Crippen LogP contribution in [0.15, 0.2) is 66.7 Å². The van der Waals surface area contributed by atoms with E-state index < -0.39 is 0 Å². The van der Waals surface area contributed by atoms with Crippen molar-refractivity contribution in [1.29, 1.82) is 0 Å². The van der Waals surface area contributed by atoms with Crippen LogP contribution in [0.4, 0.5) is 5.95 Å². The lowest BCUT2D eigenvalue weighted by Gasteiger charge is -2.34. The molecule has 1 atom stereocenters. The van der Waals surface area contributed by atoms with Gasteiger partial charge in [0.1, 0.15) is 0 Å². The predicted octanol–water partition coefficient (Wildman–Crippen LogP) is 7.51. The number of likely N-dealkylation sites (N-methyl/N-ethyl adjacent to an activating group) is 1. The number of carbonyl (C=O) groups is 1. The lowest BCUT2D eigenvalue weighted by Crippen LogP contribution is -2.40. The average molecular weight is 637 g/mol. The molecule has 1 unspecified atom stereocenters. The molecule has 1 aliphatic rings. The van der Waals surface area contributed by atoms with Crippen LogP contribution in [0.2, 0.25) is 10.0 Å². The molecule has 0 aliphatic carbocycles. The fourth-order valence-corrected chi connectivity index (χ4v) is 6.30. The maximum absolute atomic E-state index is 13.2. The van der Waals surface area contributed by atoms with Gasteiger partial charge in [0.05, 0.1) is 27.7 Å². The fourth-order valence-electron chi connectivity index (χ4n) is 5.99. The molecular weight excluding hydrogens is 593 g/mol. The Bertz CT molecular complexity index is 1530. The van der Waals surface area contributed by atoms with E-state index in [9.17, 15) is 4.79 Å². The monoisotopic (exact) mass is 635 g/mol. The smallest absolute Gasteiger partial charge is 0.253 e. The summed E-state index contributed by atoms with van der Waals surface area (Å²) in [5.41, 5.74) is 5.07. The molecule has 4 aromatic rings. The molecule has 1 fully saturated rings. The van der Waals surface area contributed by atoms with Gasteiger partial charge in [-0.1, -0.05) is 59.1 Å². The van der Waals surface area contributed by atoms with Crippen molar-refractivity contribution in [2.45, 2.75) is 51.6 Å². The molecule has 9 heteroatoms. The van der Waals surface area contributed by atoms with Crippen LogP contribution in [0.25, 0.3) is 11.0 Å². The first-order chi connectivity index (χ1) is 21.3. The highest BCUT2D eigenvalue weighted by molar-refractivity contribution is 6.42. The second-order valence-electron chi connectivity index (χ2n) is 11.7. The lowest BCUT2D eigenvalue weighted by atomic mass is 9.94. The van der Waals surface area contributed by atoms with Crippen LogP contribution >= 0.6 is 23.2 Å². The van der Waals surface area contributed by atoms with Gasteiger partial charge in [-0.2, -0.15) is 0 Å². The van der Waals surface area contributed by atoms with Crippen molar-refractivity contribution >= 4 is 46.1 Å². The van der Waals surface area contributed by atoms with E-state index in [1.165, 1.54) is 0 Å². The Balaban J connectivity index is 1.20. The summed E-state index contributed by atoms with van der Waals surface area (Å²) in [5.74, 6) is 1.07. The molecule has 7 nitrogen and oxygen atoms in total. The highest BCUT2D eigenvalue weighted by Crippen LogP contribution is 2.30. The van der Waals surface area contributed by atoms with Crippen molar-refractivity contribution in [2.24, 2.45) is 0 Å². The number of hydrogen-bond donors (Lipinski definition) is 1. The van der Waals surface area contributed by atoms with Crippen LogP contribution in [-0.4, -0.2) is 77.7 Å². The number of anilines is 1. The van der Waals surface area contributed by atoms with Crippen LogP contribution in [0.3, 0.4) is 0 Å². The molecule has 1 saturated heterocycles. The van der Waals surface area contributed by atoms with Crippen molar-refractivity contribution in [1.82, 2.24) is 19.4 Å². The van der Waals surface area contributed by atoms with Gasteiger partial charge in [-0.25, -0.2) is 4.98 Å². The molecule has 1 aliphatic heterocycles. The zero-order chi connectivity index (χ0) is 31.1. The largest absolute Gasteiger partial charge is 0.380 e. The maximum Gasteiger partial charge on any atom is 0.253 e. The van der Waals surface area contributed by atoms with Crippen molar-refractivity contribution in [2.75, 3.05) is 51.8 Å². The number of likely N-dealkylation sites (tertiary alicyclic amines) is 1. The Kier molecular flexibility index (Phi) is 11.2. The van der Waals surface area contributed by atoms with E-state index in [-0.39, 0.29) is 11.8 Å². The SMILES string of the molecule is CCOCCn1c(NC2CCN(CCC(CN(C)C(=O)c3ccc(C)cc3)c3ccc(Cl)c(Cl)c3)CC2)nc2ccccc21. The van der Waals surface area contributed by atoms with Gasteiger partial charge in [-0.05, 0) is 81.6 Å². The van der Waals surface area contributed by atoms with Gasteiger partial charge < -0.3 is 24.4 Å². The topological polar surface area (TPSA) is 62.6 Å². The molecule has 3 aromatic carbocycles. The number of nitrogens with one attached hydrogen (secondary N) is 1. The highest BCUT2D eigenvalue weighted by Gasteiger charge is 2.24. The van der Waals surface area contributed by atoms with Gasteiger partial charge in [0, 0.05) is 57.4 Å². The summed E-state index contributed by atoms with van der Waals surface area (Å²) < 4.78 is 7.89. The lowest BCUT2D eigenvalue weighted by molar-refractivity contribution is 0.0782. The third-order valence-electron chi connectivity index (χ3n) is 8.59. The molecule has 2 heterocycles. The van der Waals surface area contributed by atoms with Crippen LogP contribution in [0, 0.1) is 6.92 Å². The van der Waals surface area contributed by atoms with E-state index in [0.29, 0.717) is 41.4 Å². The number of ether oxygens (including phenoxy) is 1. The number of amides is 1. The molecule has 0 saturated carbocycles. The van der Waals surface area contributed by atoms with Gasteiger partial charge in [-0.15, -0.1) is 0 Å². The molecular formula is C35H43Cl2N5O2. The maximum atomic E-state index is 13.2. The third kappa shape index (κ3) is 8.13. The molecule has 44 heavy (non-hydrogen) atoms. The second-order valence-corrected chi connectivity index (χ2v) is 12.6. The number of benzene rings is 3. The Morgan fingerprint density at radius 3 is 2.52 bits per heavy atom. The summed E-state index contributed by atoms with van der Waals surface area (Å²) >= 11 is 12.7. The molecule has 0 radical (unpaired) electrons. The number of fused-ring (bicyclic) bond motifs is 1. The summed E-state index contributed by atoms with van der Waals surface area (Å²) in [5, 5.41) is 4.83. The number of imidazole rings is 1. The zero-order valence-electron chi connectivity index (χ0n) is 25.9. The minimum atomic E-state index is 0.0224. The molecule has 1 N–H and O–H groups in total. The average Bonchev–Trinajstić information content (AvgIpc) is 3.38. The first-order valence-corrected chi connectivity index (χ1v) is 16.4. The van der Waals surface area contributed by atoms with Gasteiger partial charge in [0.2, 0.25) is 5.95 Å². The van der Waals surface area contributed by atoms with Crippen LogP contribution < -0.4 is 5.32 Å². The van der Waals surface area contributed by atoms with E-state index in [1.54, 1.807) is 0 Å². The molecule has 5 rings (SSSR count). The molecule has 0 spiro atoms. The van der Waals surface area contributed by atoms with Crippen LogP contribution in [-0.2, 0) is 11.3 Å². The summed E-state index contributed by atoms with van der Waals surface area (Å²) in [7, 11) is 1.88. The van der Waals surface area contributed by atoms with Crippen molar-refractivity contribution < 1.29 is 9.53 Å². The number of rotatable bonds is 13. The number of aromatic nitrogens is 2. The number of nitrogens with zero attached hydrogens (tertiary/aromatic N) is 4. The van der Waals surface area contributed by atoms with Gasteiger partial charge in [-0.3, -0.25) is 4.79 Å². The number of aryl methyl sites for hydroxylation is 1. The Morgan fingerprint density at radius 2 is 1.80 bits per heavy atom. The first-order valence-electron chi connectivity index (χ1n) is 15.6. The van der Waals surface area contributed by atoms with Crippen LogP contribution in [0.1, 0.15) is 53.6 Å². The third-order valence-corrected chi connectivity index (χ3v) is 9.33. The summed E-state index contributed by atoms with van der Waals surface area (Å²) in [6, 6.07) is 22.2. The Morgan fingerprint density at radius 1 is 1.05 bits per heavy atom. The zero-order valence-corrected chi connectivity index (χ0v) is 27.4. The quantitative estimate of drug-likeness (QED) is 0.154. The van der Waals surface area contributed by atoms with Gasteiger partial charge in [0.15, 0.2) is 0 Å². The number of hydrogen-bond acceptors (Lipinski definition) is 5. The van der Waals surface area contributed by atoms with E-state index in [0.717, 1.165) is 73.6 Å². The van der Waals surface area contributed by atoms with E-state index in [1.807, 2.05) is 74.3 Å². The van der Waals surface area contributed by atoms with E-state index in [2.05, 4.69) is 33.0 Å². The fraction of sp³-hybridized carbons (Fsp3) is 0.429. The van der Waals surface area contributed by atoms with Gasteiger partial charge >= 0.3 is 0 Å². The second kappa shape index (κ2) is 15.3. The molecule has 1 amide bonds. The Labute approximate surface area is 271 Å². The normalized spacial score (nSPS) is 15.0. The molecule has 0 bridgehead atoms. The van der Waals surface area contributed by atoms with E-state index in [4.69, 9.17) is 32.9 Å². The minimum Gasteiger partial charge on any atom is -0.380 e. The summed E-state index contributed by atoms with van der Waals surface area (Å²) in [6.45, 7) is 9.73. The number of carbonyl (C=O) groups excluding carboxylic acids is 1. The van der Waals surface area contributed by atoms with Crippen molar-refractivity contribution in [3.8, 4) is 0 Å². The summed E-state index contributed by atoms with van der Waals surface area (Å²) in [4.78, 5) is 22.5. The first kappa shape index (κ1) is 32.3. The van der Waals surface area contributed by atoms with Gasteiger partial charge in [0.25, 0.3) is 5.91 Å². The van der Waals surface area contributed by atoms with E-state index >= 15 is 0 Å². The highest BCUT2D eigenvalue weighted by atomic mass is 35.5. The Hall–Kier alpha value is -3.10. The van der Waals surface area contributed by atoms with Crippen molar-refractivity contribution in [3.05, 3.63) is 93.5 Å². The predicted molar refractivity (Wildman–Crippen MR) is 181 cm³/mol. The molecule has 1 aromatic heterocycles. The van der Waals surface area contributed by atoms with Crippen molar-refractivity contribution in [3.63, 3.8) is 0 Å². The molecule has 234 valence electrons. The standard InChI is InChI=1S/C35H43Cl2N5O2/c1-4-44-22-21-42-33-8-6-5-7-32(33)39-35(42)38-29-16-19-41(20-17-29)18-15-28(27-13-14-30(36)31(37)23-27)24-40(3)34(43)26-11-9-25(2)10-12-26/h5-14,23,28-29H,4,15-22,24H2,1-3H3,(H,38,39). The number of piperidine rings is 1.